The van der Waals surface area contributed by atoms with Gasteiger partial charge in [0, 0.05) is 13.0 Å². The van der Waals surface area contributed by atoms with Crippen LogP contribution >= 0.6 is 11.6 Å². The Hall–Kier alpha value is -1.82. The second-order valence-corrected chi connectivity index (χ2v) is 6.04. The van der Waals surface area contributed by atoms with E-state index in [4.69, 9.17) is 16.7 Å². The molecule has 0 bridgehead atoms. The lowest BCUT2D eigenvalue weighted by molar-refractivity contribution is -0.383. The average molecular weight is 315 g/mol. The van der Waals surface area contributed by atoms with E-state index < -0.39 is 10.9 Å². The topological polar surface area (TPSA) is 92.5 Å². The summed E-state index contributed by atoms with van der Waals surface area (Å²) in [5, 5.41) is 22.8. The van der Waals surface area contributed by atoms with Gasteiger partial charge in [0.2, 0.25) is 0 Å². The molecule has 7 heteroatoms. The lowest BCUT2D eigenvalue weighted by Crippen LogP contribution is -2.18. The van der Waals surface area contributed by atoms with Crippen molar-refractivity contribution in [1.82, 2.24) is 0 Å². The lowest BCUT2D eigenvalue weighted by atomic mass is 9.84. The Bertz CT molecular complexity index is 532. The number of nitrogens with one attached hydrogen (secondary N) is 1. The SMILES string of the molecule is CC(C)(CCNc1cccc(Cl)c1[N+](=O)[O-])CCC(=O)O. The van der Waals surface area contributed by atoms with E-state index in [2.05, 4.69) is 5.32 Å². The van der Waals surface area contributed by atoms with Crippen molar-refractivity contribution < 1.29 is 14.8 Å². The molecule has 0 radical (unpaired) electrons. The van der Waals surface area contributed by atoms with E-state index in [-0.39, 0.29) is 22.5 Å². The van der Waals surface area contributed by atoms with Crippen molar-refractivity contribution in [2.45, 2.75) is 33.1 Å². The van der Waals surface area contributed by atoms with Crippen molar-refractivity contribution in [3.8, 4) is 0 Å². The van der Waals surface area contributed by atoms with E-state index in [9.17, 15) is 14.9 Å². The zero-order valence-corrected chi connectivity index (χ0v) is 12.8. The molecule has 0 amide bonds. The molecule has 116 valence electrons. The summed E-state index contributed by atoms with van der Waals surface area (Å²) in [5.74, 6) is -0.818. The summed E-state index contributed by atoms with van der Waals surface area (Å²) in [7, 11) is 0. The first kappa shape index (κ1) is 17.2. The Morgan fingerprint density at radius 2 is 2.10 bits per heavy atom. The molecular weight excluding hydrogens is 296 g/mol. The molecule has 1 aromatic rings. The minimum absolute atomic E-state index is 0.0927. The summed E-state index contributed by atoms with van der Waals surface area (Å²) in [4.78, 5) is 21.1. The molecule has 0 heterocycles. The highest BCUT2D eigenvalue weighted by molar-refractivity contribution is 6.33. The van der Waals surface area contributed by atoms with Crippen LogP contribution in [0.15, 0.2) is 18.2 Å². The Kier molecular flexibility index (Phi) is 5.96. The summed E-state index contributed by atoms with van der Waals surface area (Å²) in [6.45, 7) is 4.46. The number of para-hydroxylation sites is 1. The Labute approximate surface area is 128 Å². The summed E-state index contributed by atoms with van der Waals surface area (Å²) in [6, 6.07) is 4.73. The number of hydrogen-bond acceptors (Lipinski definition) is 4. The number of carboxylic acid groups (broad SMARTS) is 1. The third-order valence-electron chi connectivity index (χ3n) is 3.30. The third-order valence-corrected chi connectivity index (χ3v) is 3.61. The predicted octanol–water partition coefficient (Wildman–Crippen LogP) is 3.94. The van der Waals surface area contributed by atoms with Gasteiger partial charge in [-0.25, -0.2) is 0 Å². The second-order valence-electron chi connectivity index (χ2n) is 5.63. The van der Waals surface area contributed by atoms with Crippen molar-refractivity contribution in [2.24, 2.45) is 5.41 Å². The number of carbonyl (C=O) groups is 1. The molecule has 1 aromatic carbocycles. The van der Waals surface area contributed by atoms with Crippen LogP contribution in [-0.4, -0.2) is 22.5 Å². The molecule has 0 saturated carbocycles. The molecule has 1 rings (SSSR count). The van der Waals surface area contributed by atoms with Crippen LogP contribution in [0.2, 0.25) is 5.02 Å². The number of halogens is 1. The first-order chi connectivity index (χ1) is 9.73. The molecule has 6 nitrogen and oxygen atoms in total. The van der Waals surface area contributed by atoms with Crippen LogP contribution in [0.1, 0.15) is 33.1 Å². The summed E-state index contributed by atoms with van der Waals surface area (Å²) < 4.78 is 0. The highest BCUT2D eigenvalue weighted by Crippen LogP contribution is 2.33. The van der Waals surface area contributed by atoms with Gasteiger partial charge in [-0.1, -0.05) is 31.5 Å². The number of nitrogens with zero attached hydrogens (tertiary/aromatic N) is 1. The normalized spacial score (nSPS) is 11.2. The maximum Gasteiger partial charge on any atom is 0.310 e. The number of nitro benzene ring substituents is 1. The maximum atomic E-state index is 11.0. The molecule has 21 heavy (non-hydrogen) atoms. The molecule has 0 aliphatic heterocycles. The molecule has 2 N–H and O–H groups in total. The van der Waals surface area contributed by atoms with Crippen LogP contribution in [0.4, 0.5) is 11.4 Å². The van der Waals surface area contributed by atoms with Crippen molar-refractivity contribution in [3.63, 3.8) is 0 Å². The van der Waals surface area contributed by atoms with Gasteiger partial charge in [0.1, 0.15) is 10.7 Å². The van der Waals surface area contributed by atoms with Crippen molar-refractivity contribution >= 4 is 28.9 Å². The van der Waals surface area contributed by atoms with E-state index in [1.807, 2.05) is 13.8 Å². The van der Waals surface area contributed by atoms with E-state index in [0.29, 0.717) is 25.1 Å². The van der Waals surface area contributed by atoms with Crippen molar-refractivity contribution in [3.05, 3.63) is 33.3 Å². The van der Waals surface area contributed by atoms with Gasteiger partial charge in [0.05, 0.1) is 4.92 Å². The number of hydrogen-bond donors (Lipinski definition) is 2. The van der Waals surface area contributed by atoms with Crippen LogP contribution < -0.4 is 5.32 Å². The monoisotopic (exact) mass is 314 g/mol. The van der Waals surface area contributed by atoms with Crippen LogP contribution in [0.3, 0.4) is 0 Å². The maximum absolute atomic E-state index is 11.0. The molecule has 0 spiro atoms. The fraction of sp³-hybridized carbons (Fsp3) is 0.500. The van der Waals surface area contributed by atoms with E-state index in [1.165, 1.54) is 6.07 Å². The zero-order chi connectivity index (χ0) is 16.0. The van der Waals surface area contributed by atoms with Crippen LogP contribution in [-0.2, 0) is 4.79 Å². The number of benzene rings is 1. The largest absolute Gasteiger partial charge is 0.481 e. The molecule has 0 aliphatic carbocycles. The van der Waals surface area contributed by atoms with Gasteiger partial charge < -0.3 is 10.4 Å². The van der Waals surface area contributed by atoms with Gasteiger partial charge in [0.25, 0.3) is 0 Å². The summed E-state index contributed by atoms with van der Waals surface area (Å²) in [6.07, 6.45) is 1.37. The fourth-order valence-corrected chi connectivity index (χ4v) is 2.19. The Balaban J connectivity index is 2.62. The first-order valence-electron chi connectivity index (χ1n) is 6.61. The Morgan fingerprint density at radius 3 is 2.67 bits per heavy atom. The van der Waals surface area contributed by atoms with E-state index in [0.717, 1.165) is 0 Å². The summed E-state index contributed by atoms with van der Waals surface area (Å²) >= 11 is 5.83. The van der Waals surface area contributed by atoms with Gasteiger partial charge in [-0.3, -0.25) is 14.9 Å². The Morgan fingerprint density at radius 1 is 1.43 bits per heavy atom. The average Bonchev–Trinajstić information content (AvgIpc) is 2.36. The highest BCUT2D eigenvalue weighted by Gasteiger charge is 2.21. The highest BCUT2D eigenvalue weighted by atomic mass is 35.5. The number of nitro groups is 1. The van der Waals surface area contributed by atoms with E-state index >= 15 is 0 Å². The second kappa shape index (κ2) is 7.26. The van der Waals surface area contributed by atoms with Crippen LogP contribution in [0.25, 0.3) is 0 Å². The van der Waals surface area contributed by atoms with Gasteiger partial charge in [0.15, 0.2) is 0 Å². The number of rotatable bonds is 8. The van der Waals surface area contributed by atoms with Gasteiger partial charge in [-0.05, 0) is 30.4 Å². The molecule has 0 fully saturated rings. The molecule has 0 unspecified atom stereocenters. The quantitative estimate of drug-likeness (QED) is 0.560. The first-order valence-corrected chi connectivity index (χ1v) is 6.99. The molecule has 0 aliphatic rings. The standard InChI is InChI=1S/C14H19ClN2O4/c1-14(2,7-6-12(18)19)8-9-16-11-5-3-4-10(15)13(11)17(20)21/h3-5,16H,6-9H2,1-2H3,(H,18,19). The number of aliphatic carboxylic acids is 1. The number of anilines is 1. The molecule has 0 saturated heterocycles. The minimum atomic E-state index is -0.818. The van der Waals surface area contributed by atoms with Crippen LogP contribution in [0.5, 0.6) is 0 Å². The predicted molar refractivity (Wildman–Crippen MR) is 81.9 cm³/mol. The smallest absolute Gasteiger partial charge is 0.310 e. The zero-order valence-electron chi connectivity index (χ0n) is 12.1. The third kappa shape index (κ3) is 5.59. The van der Waals surface area contributed by atoms with Crippen molar-refractivity contribution in [1.29, 1.82) is 0 Å². The van der Waals surface area contributed by atoms with Crippen molar-refractivity contribution in [2.75, 3.05) is 11.9 Å². The van der Waals surface area contributed by atoms with E-state index in [1.54, 1.807) is 12.1 Å². The molecule has 0 atom stereocenters. The fourth-order valence-electron chi connectivity index (χ4n) is 1.95. The molecular formula is C14H19ClN2O4. The van der Waals surface area contributed by atoms with Gasteiger partial charge in [-0.15, -0.1) is 0 Å². The summed E-state index contributed by atoms with van der Waals surface area (Å²) in [5.41, 5.74) is 0.0858. The van der Waals surface area contributed by atoms with Gasteiger partial charge >= 0.3 is 11.7 Å². The van der Waals surface area contributed by atoms with Gasteiger partial charge in [-0.2, -0.15) is 0 Å². The number of carboxylic acids is 1. The lowest BCUT2D eigenvalue weighted by Gasteiger charge is -2.24. The molecule has 0 aromatic heterocycles. The minimum Gasteiger partial charge on any atom is -0.481 e. The van der Waals surface area contributed by atoms with Crippen LogP contribution in [0, 0.1) is 15.5 Å².